The average molecular weight is 327 g/mol. The molecular weight excluding hydrogens is 308 g/mol. The Morgan fingerprint density at radius 3 is 1.79 bits per heavy atom. The molecule has 125 valence electrons. The number of rotatable bonds is 4. The molecule has 0 aromatic heterocycles. The number of hydrogen-bond acceptors (Lipinski definition) is 4. The zero-order chi connectivity index (χ0) is 17.4. The van der Waals surface area contributed by atoms with Crippen LogP contribution in [0.4, 0.5) is 9.59 Å². The summed E-state index contributed by atoms with van der Waals surface area (Å²) >= 11 is 0. The molecule has 0 bridgehead atoms. The molecule has 6 heteroatoms. The lowest BCUT2D eigenvalue weighted by Gasteiger charge is -2.07. The van der Waals surface area contributed by atoms with Crippen molar-refractivity contribution in [3.05, 3.63) is 70.8 Å². The summed E-state index contributed by atoms with van der Waals surface area (Å²) in [4.78, 5) is 22.9. The van der Waals surface area contributed by atoms with Crippen LogP contribution in [0.15, 0.2) is 48.5 Å². The first kappa shape index (κ1) is 17.3. The molecule has 0 atom stereocenters. The summed E-state index contributed by atoms with van der Waals surface area (Å²) in [5.41, 5.74) is 9.22. The van der Waals surface area contributed by atoms with E-state index in [4.69, 9.17) is 9.47 Å². The smallest absolute Gasteiger partial charge is 0.443 e. The van der Waals surface area contributed by atoms with E-state index < -0.39 is 12.2 Å². The van der Waals surface area contributed by atoms with Gasteiger partial charge in [0.15, 0.2) is 0 Å². The van der Waals surface area contributed by atoms with Crippen LogP contribution in [-0.4, -0.2) is 12.2 Å². The van der Waals surface area contributed by atoms with E-state index in [1.54, 1.807) is 0 Å². The maximum atomic E-state index is 11.5. The van der Waals surface area contributed by atoms with Crippen molar-refractivity contribution >= 4 is 12.2 Å². The molecule has 0 fully saturated rings. The van der Waals surface area contributed by atoms with E-state index in [0.29, 0.717) is 0 Å². The number of benzene rings is 2. The van der Waals surface area contributed by atoms with E-state index in [0.717, 1.165) is 22.3 Å². The lowest BCUT2D eigenvalue weighted by Crippen LogP contribution is -2.36. The number of carbonyl (C=O) groups excluding carboxylic acids is 2. The second kappa shape index (κ2) is 8.57. The quantitative estimate of drug-likeness (QED) is 0.873. The Morgan fingerprint density at radius 2 is 1.29 bits per heavy atom. The van der Waals surface area contributed by atoms with Crippen molar-refractivity contribution in [2.75, 3.05) is 0 Å². The first-order valence-electron chi connectivity index (χ1n) is 7.44. The Kier molecular flexibility index (Phi) is 6.19. The third-order valence-electron chi connectivity index (χ3n) is 3.21. The topological polar surface area (TPSA) is 78.7 Å². The minimum Gasteiger partial charge on any atom is -0.443 e. The molecular formula is C18H19N2O4. The van der Waals surface area contributed by atoms with Crippen molar-refractivity contribution in [2.24, 2.45) is 0 Å². The summed E-state index contributed by atoms with van der Waals surface area (Å²) in [6.07, 6.45) is -1.70. The van der Waals surface area contributed by atoms with Gasteiger partial charge in [-0.1, -0.05) is 65.1 Å². The average Bonchev–Trinajstić information content (AvgIpc) is 2.59. The fraction of sp³-hybridized carbons (Fsp3) is 0.222. The number of nitrogens with zero attached hydrogens (tertiary/aromatic N) is 1. The maximum absolute atomic E-state index is 11.5. The molecule has 0 saturated carbocycles. The molecule has 2 rings (SSSR count). The van der Waals surface area contributed by atoms with Gasteiger partial charge in [0, 0.05) is 0 Å². The van der Waals surface area contributed by atoms with Gasteiger partial charge in [0.1, 0.15) is 13.2 Å². The molecule has 0 heterocycles. The summed E-state index contributed by atoms with van der Waals surface area (Å²) in [6, 6.07) is 15.1. The summed E-state index contributed by atoms with van der Waals surface area (Å²) in [5, 5.41) is 0. The van der Waals surface area contributed by atoms with Crippen LogP contribution in [0.25, 0.3) is 0 Å². The number of nitrogens with one attached hydrogen (secondary N) is 1. The standard InChI is InChI=1S/C18H19N2O4/c1-13-3-7-15(8-4-13)11-23-17(21)19-20-18(22)24-12-16-9-5-14(2)6-10-16/h3-10H,11-12H2,1-2H3,(H,19,21). The third kappa shape index (κ3) is 6.00. The van der Waals surface area contributed by atoms with Crippen LogP contribution in [0.2, 0.25) is 0 Å². The van der Waals surface area contributed by atoms with Crippen molar-refractivity contribution in [1.82, 2.24) is 10.9 Å². The summed E-state index contributed by atoms with van der Waals surface area (Å²) in [7, 11) is 0. The predicted octanol–water partition coefficient (Wildman–Crippen LogP) is 3.39. The summed E-state index contributed by atoms with van der Waals surface area (Å²) in [6.45, 7) is 4.12. The number of ether oxygens (including phenoxy) is 2. The van der Waals surface area contributed by atoms with E-state index >= 15 is 0 Å². The van der Waals surface area contributed by atoms with E-state index in [1.807, 2.05) is 67.8 Å². The van der Waals surface area contributed by atoms with E-state index in [9.17, 15) is 9.59 Å². The van der Waals surface area contributed by atoms with E-state index in [-0.39, 0.29) is 13.2 Å². The van der Waals surface area contributed by atoms with Crippen LogP contribution in [0.5, 0.6) is 0 Å². The number of carbonyl (C=O) groups is 2. The van der Waals surface area contributed by atoms with Gasteiger partial charge in [-0.25, -0.2) is 15.0 Å². The van der Waals surface area contributed by atoms with Crippen molar-refractivity contribution in [3.8, 4) is 0 Å². The number of hydrogen-bond donors (Lipinski definition) is 1. The van der Waals surface area contributed by atoms with Gasteiger partial charge in [-0.2, -0.15) is 0 Å². The first-order chi connectivity index (χ1) is 11.5. The largest absolute Gasteiger partial charge is 0.451 e. The molecule has 0 aliphatic rings. The molecule has 24 heavy (non-hydrogen) atoms. The van der Waals surface area contributed by atoms with Crippen LogP contribution in [0.3, 0.4) is 0 Å². The molecule has 0 unspecified atom stereocenters. The molecule has 0 aliphatic carbocycles. The molecule has 1 N–H and O–H groups in total. The molecule has 0 aliphatic heterocycles. The maximum Gasteiger partial charge on any atom is 0.451 e. The van der Waals surface area contributed by atoms with Crippen molar-refractivity contribution in [1.29, 1.82) is 0 Å². The fourth-order valence-corrected chi connectivity index (χ4v) is 1.82. The van der Waals surface area contributed by atoms with Crippen LogP contribution < -0.4 is 10.9 Å². The highest BCUT2D eigenvalue weighted by molar-refractivity contribution is 5.73. The first-order valence-corrected chi connectivity index (χ1v) is 7.44. The van der Waals surface area contributed by atoms with Gasteiger partial charge in [0.25, 0.3) is 0 Å². The van der Waals surface area contributed by atoms with E-state index in [1.165, 1.54) is 0 Å². The lowest BCUT2D eigenvalue weighted by atomic mass is 10.2. The number of amides is 2. The zero-order valence-electron chi connectivity index (χ0n) is 13.6. The Balaban J connectivity index is 1.64. The monoisotopic (exact) mass is 327 g/mol. The van der Waals surface area contributed by atoms with Crippen LogP contribution in [0, 0.1) is 13.8 Å². The highest BCUT2D eigenvalue weighted by Gasteiger charge is 2.09. The number of aryl methyl sites for hydroxylation is 2. The fourth-order valence-electron chi connectivity index (χ4n) is 1.82. The predicted molar refractivity (Wildman–Crippen MR) is 88.0 cm³/mol. The lowest BCUT2D eigenvalue weighted by molar-refractivity contribution is 0.116. The Hall–Kier alpha value is -3.02. The molecule has 2 aromatic carbocycles. The molecule has 6 nitrogen and oxygen atoms in total. The van der Waals surface area contributed by atoms with Gasteiger partial charge in [0.05, 0.1) is 0 Å². The van der Waals surface area contributed by atoms with Gasteiger partial charge in [-0.15, -0.1) is 0 Å². The molecule has 0 saturated heterocycles. The second-order valence-electron chi connectivity index (χ2n) is 5.33. The van der Waals surface area contributed by atoms with Gasteiger partial charge >= 0.3 is 12.2 Å². The Bertz CT molecular complexity index is 620. The van der Waals surface area contributed by atoms with Crippen LogP contribution in [-0.2, 0) is 22.7 Å². The Labute approximate surface area is 140 Å². The molecule has 0 spiro atoms. The summed E-state index contributed by atoms with van der Waals surface area (Å²) < 4.78 is 9.86. The van der Waals surface area contributed by atoms with Crippen molar-refractivity contribution in [3.63, 3.8) is 0 Å². The zero-order valence-corrected chi connectivity index (χ0v) is 13.6. The van der Waals surface area contributed by atoms with Gasteiger partial charge < -0.3 is 9.47 Å². The highest BCUT2D eigenvalue weighted by Crippen LogP contribution is 2.05. The van der Waals surface area contributed by atoms with Gasteiger partial charge in [-0.05, 0) is 25.0 Å². The highest BCUT2D eigenvalue weighted by atomic mass is 16.6. The third-order valence-corrected chi connectivity index (χ3v) is 3.21. The van der Waals surface area contributed by atoms with Gasteiger partial charge in [-0.3, -0.25) is 0 Å². The van der Waals surface area contributed by atoms with Crippen molar-refractivity contribution in [2.45, 2.75) is 27.1 Å². The van der Waals surface area contributed by atoms with Crippen LogP contribution >= 0.6 is 0 Å². The van der Waals surface area contributed by atoms with Crippen molar-refractivity contribution < 1.29 is 19.1 Å². The van der Waals surface area contributed by atoms with Crippen LogP contribution in [0.1, 0.15) is 22.3 Å². The normalized spacial score (nSPS) is 9.92. The SMILES string of the molecule is Cc1ccc(COC(=O)[N]NC(=O)OCc2ccc(C)cc2)cc1. The molecule has 1 radical (unpaired) electrons. The summed E-state index contributed by atoms with van der Waals surface area (Å²) in [5.74, 6) is 0. The molecule has 2 amide bonds. The Morgan fingerprint density at radius 1 is 0.833 bits per heavy atom. The minimum atomic E-state index is -0.886. The molecule has 2 aromatic rings. The van der Waals surface area contributed by atoms with Gasteiger partial charge in [0.2, 0.25) is 0 Å². The second-order valence-corrected chi connectivity index (χ2v) is 5.33. The minimum absolute atomic E-state index is 0.0860. The van der Waals surface area contributed by atoms with E-state index in [2.05, 4.69) is 5.43 Å².